The third kappa shape index (κ3) is 4.77. The average Bonchev–Trinajstić information content (AvgIpc) is 3.80. The van der Waals surface area contributed by atoms with E-state index in [2.05, 4.69) is 229 Å². The number of hydrogen-bond acceptors (Lipinski definition) is 0. The van der Waals surface area contributed by atoms with Gasteiger partial charge in [0.1, 0.15) is 0 Å². The summed E-state index contributed by atoms with van der Waals surface area (Å²) in [5.74, 6) is 0. The van der Waals surface area contributed by atoms with Gasteiger partial charge in [0.05, 0.1) is 16.4 Å². The number of benzene rings is 10. The van der Waals surface area contributed by atoms with E-state index < -0.39 is 5.41 Å². The summed E-state index contributed by atoms with van der Waals surface area (Å²) < 4.78 is 2.37. The Bertz CT molecular complexity index is 3330. The van der Waals surface area contributed by atoms with Crippen molar-refractivity contribution in [2.75, 3.05) is 0 Å². The summed E-state index contributed by atoms with van der Waals surface area (Å²) in [5, 5.41) is 7.55. The van der Waals surface area contributed by atoms with Crippen molar-refractivity contribution in [2.24, 2.45) is 0 Å². The lowest BCUT2D eigenvalue weighted by Gasteiger charge is -2.34. The van der Waals surface area contributed by atoms with E-state index in [4.69, 9.17) is 0 Å². The van der Waals surface area contributed by atoms with Crippen LogP contribution in [0.2, 0.25) is 0 Å². The number of nitrogens with zero attached hydrogens (tertiary/aromatic N) is 1. The minimum absolute atomic E-state index is 0.431. The van der Waals surface area contributed by atoms with Crippen molar-refractivity contribution in [3.05, 3.63) is 247 Å². The zero-order valence-electron chi connectivity index (χ0n) is 31.8. The zero-order valence-corrected chi connectivity index (χ0v) is 31.8. The molecule has 270 valence electrons. The number of rotatable bonds is 5. The fraction of sp³-hybridized carbons (Fsp3) is 0.0175. The Balaban J connectivity index is 0.953. The molecule has 0 saturated heterocycles. The highest BCUT2D eigenvalue weighted by molar-refractivity contribution is 6.11. The number of aromatic nitrogens is 1. The van der Waals surface area contributed by atoms with E-state index in [0.717, 1.165) is 0 Å². The van der Waals surface area contributed by atoms with Crippen LogP contribution in [0.25, 0.3) is 82.4 Å². The molecule has 0 spiro atoms. The molecule has 1 aromatic heterocycles. The van der Waals surface area contributed by atoms with E-state index in [0.29, 0.717) is 0 Å². The molecule has 1 nitrogen and oxygen atoms in total. The molecule has 0 N–H and O–H groups in total. The predicted molar refractivity (Wildman–Crippen MR) is 244 cm³/mol. The number of hydrogen-bond donors (Lipinski definition) is 0. The maximum atomic E-state index is 2.38. The van der Waals surface area contributed by atoms with Gasteiger partial charge >= 0.3 is 0 Å². The van der Waals surface area contributed by atoms with Crippen molar-refractivity contribution in [3.8, 4) is 39.1 Å². The number of fused-ring (bicyclic) bond motifs is 9. The Hall–Kier alpha value is -7.48. The Morgan fingerprint density at radius 1 is 0.310 bits per heavy atom. The predicted octanol–water partition coefficient (Wildman–Crippen LogP) is 14.8. The lowest BCUT2D eigenvalue weighted by atomic mass is 9.66. The third-order valence-electron chi connectivity index (χ3n) is 12.6. The van der Waals surface area contributed by atoms with Gasteiger partial charge in [-0.15, -0.1) is 0 Å². The SMILES string of the molecule is c1ccc(-n2c3ccccc3c3cc(-c4ccc5cc(-c6ccc7c8c(ccc7c6)-c6ccccc6C8(c6ccccc6)c6ccccc6)ccc5c4)ccc32)cc1. The largest absolute Gasteiger partial charge is 0.309 e. The van der Waals surface area contributed by atoms with Crippen molar-refractivity contribution < 1.29 is 0 Å². The minimum Gasteiger partial charge on any atom is -0.309 e. The molecule has 10 aromatic carbocycles. The van der Waals surface area contributed by atoms with Gasteiger partial charge in [0.2, 0.25) is 0 Å². The summed E-state index contributed by atoms with van der Waals surface area (Å²) in [6, 6.07) is 83.0. The maximum Gasteiger partial charge on any atom is 0.0719 e. The highest BCUT2D eigenvalue weighted by Gasteiger charge is 2.46. The molecule has 0 aliphatic heterocycles. The van der Waals surface area contributed by atoms with Gasteiger partial charge in [-0.3, -0.25) is 0 Å². The molecular formula is C57H37N. The average molecular weight is 736 g/mol. The van der Waals surface area contributed by atoms with Crippen LogP contribution in [0.5, 0.6) is 0 Å². The highest BCUT2D eigenvalue weighted by Crippen LogP contribution is 2.58. The zero-order chi connectivity index (χ0) is 38.2. The second-order valence-electron chi connectivity index (χ2n) is 15.6. The maximum absolute atomic E-state index is 2.38. The summed E-state index contributed by atoms with van der Waals surface area (Å²) in [5.41, 5.74) is 16.0. The van der Waals surface area contributed by atoms with Gasteiger partial charge in [0.15, 0.2) is 0 Å². The summed E-state index contributed by atoms with van der Waals surface area (Å²) >= 11 is 0. The highest BCUT2D eigenvalue weighted by atomic mass is 15.0. The van der Waals surface area contributed by atoms with Crippen LogP contribution in [0, 0.1) is 0 Å². The first kappa shape index (κ1) is 32.7. The van der Waals surface area contributed by atoms with Crippen molar-refractivity contribution in [1.29, 1.82) is 0 Å². The molecule has 0 saturated carbocycles. The molecule has 0 bridgehead atoms. The second-order valence-corrected chi connectivity index (χ2v) is 15.6. The first-order chi connectivity index (χ1) is 28.8. The Morgan fingerprint density at radius 2 is 0.828 bits per heavy atom. The summed E-state index contributed by atoms with van der Waals surface area (Å²) in [4.78, 5) is 0. The minimum atomic E-state index is -0.431. The van der Waals surface area contributed by atoms with Gasteiger partial charge in [-0.25, -0.2) is 0 Å². The lowest BCUT2D eigenvalue weighted by molar-refractivity contribution is 0.775. The molecule has 12 rings (SSSR count). The molecule has 0 amide bonds. The van der Waals surface area contributed by atoms with E-state index in [1.54, 1.807) is 0 Å². The van der Waals surface area contributed by atoms with Gasteiger partial charge in [-0.05, 0) is 126 Å². The van der Waals surface area contributed by atoms with Gasteiger partial charge < -0.3 is 4.57 Å². The van der Waals surface area contributed by atoms with Crippen LogP contribution < -0.4 is 0 Å². The van der Waals surface area contributed by atoms with Crippen LogP contribution >= 0.6 is 0 Å². The molecule has 58 heavy (non-hydrogen) atoms. The van der Waals surface area contributed by atoms with E-state index in [1.807, 2.05) is 0 Å². The van der Waals surface area contributed by atoms with Crippen molar-refractivity contribution in [1.82, 2.24) is 4.57 Å². The van der Waals surface area contributed by atoms with Gasteiger partial charge in [0, 0.05) is 16.5 Å². The summed E-state index contributed by atoms with van der Waals surface area (Å²) in [7, 11) is 0. The van der Waals surface area contributed by atoms with Crippen molar-refractivity contribution >= 4 is 43.4 Å². The van der Waals surface area contributed by atoms with E-state index >= 15 is 0 Å². The molecular weight excluding hydrogens is 699 g/mol. The van der Waals surface area contributed by atoms with E-state index in [1.165, 1.54) is 105 Å². The normalized spacial score (nSPS) is 13.0. The summed E-state index contributed by atoms with van der Waals surface area (Å²) in [6.45, 7) is 0. The Labute approximate surface area is 337 Å². The standard InChI is InChI=1S/C57H37N/c1-4-14-45(15-5-1)57(46-16-6-2-7-17-46)53-22-12-10-20-49(53)51-32-29-44-36-42(28-31-48(44)56(51)57)40-25-24-39-35-41(27-26-38(39)34-40)43-30-33-55-52(37-43)50-21-11-13-23-54(50)58(55)47-18-8-3-9-19-47/h1-37H. The van der Waals surface area contributed by atoms with Crippen LogP contribution in [0.15, 0.2) is 224 Å². The van der Waals surface area contributed by atoms with E-state index in [9.17, 15) is 0 Å². The van der Waals surface area contributed by atoms with Crippen LogP contribution in [0.1, 0.15) is 22.3 Å². The van der Waals surface area contributed by atoms with Gasteiger partial charge in [-0.2, -0.15) is 0 Å². The molecule has 1 aliphatic carbocycles. The first-order valence-corrected chi connectivity index (χ1v) is 20.2. The van der Waals surface area contributed by atoms with Crippen LogP contribution in [-0.2, 0) is 5.41 Å². The fourth-order valence-electron chi connectivity index (χ4n) is 10.1. The van der Waals surface area contributed by atoms with Crippen LogP contribution in [0.4, 0.5) is 0 Å². The van der Waals surface area contributed by atoms with Crippen molar-refractivity contribution in [2.45, 2.75) is 5.41 Å². The molecule has 0 unspecified atom stereocenters. The third-order valence-corrected chi connectivity index (χ3v) is 12.6. The second kappa shape index (κ2) is 12.8. The van der Waals surface area contributed by atoms with Gasteiger partial charge in [-0.1, -0.05) is 176 Å². The number of para-hydroxylation sites is 2. The van der Waals surface area contributed by atoms with Gasteiger partial charge in [0.25, 0.3) is 0 Å². The Kier molecular flexibility index (Phi) is 7.21. The molecule has 1 aliphatic rings. The Morgan fingerprint density at radius 3 is 1.53 bits per heavy atom. The monoisotopic (exact) mass is 735 g/mol. The van der Waals surface area contributed by atoms with E-state index in [-0.39, 0.29) is 0 Å². The molecule has 0 fully saturated rings. The smallest absolute Gasteiger partial charge is 0.0719 e. The van der Waals surface area contributed by atoms with Crippen molar-refractivity contribution in [3.63, 3.8) is 0 Å². The van der Waals surface area contributed by atoms with Crippen LogP contribution in [0.3, 0.4) is 0 Å². The lowest BCUT2D eigenvalue weighted by Crippen LogP contribution is -2.28. The molecule has 1 heterocycles. The molecule has 11 aromatic rings. The molecule has 0 radical (unpaired) electrons. The first-order valence-electron chi connectivity index (χ1n) is 20.2. The molecule has 0 atom stereocenters. The topological polar surface area (TPSA) is 4.93 Å². The van der Waals surface area contributed by atoms with Crippen LogP contribution in [-0.4, -0.2) is 4.57 Å². The summed E-state index contributed by atoms with van der Waals surface area (Å²) in [6.07, 6.45) is 0. The molecule has 1 heteroatoms. The fourth-order valence-corrected chi connectivity index (χ4v) is 10.1. The quantitative estimate of drug-likeness (QED) is 0.166.